The maximum absolute atomic E-state index is 13.0. The minimum Gasteiger partial charge on any atom is -0.379 e. The van der Waals surface area contributed by atoms with Crippen molar-refractivity contribution in [2.45, 2.75) is 18.6 Å². The fourth-order valence-corrected chi connectivity index (χ4v) is 6.08. The normalized spacial score (nSPS) is 18.1. The molecular weight excluding hydrogens is 550 g/mol. The number of amides is 2. The van der Waals surface area contributed by atoms with Gasteiger partial charge in [-0.15, -0.1) is 0 Å². The van der Waals surface area contributed by atoms with Gasteiger partial charge in [0.05, 0.1) is 41.6 Å². The molecule has 0 bridgehead atoms. The number of aromatic nitrogens is 3. The van der Waals surface area contributed by atoms with Crippen LogP contribution in [-0.2, 0) is 12.6 Å². The van der Waals surface area contributed by atoms with E-state index >= 15 is 0 Å². The number of nitrogens with zero attached hydrogens (tertiary/aromatic N) is 6. The maximum Gasteiger partial charge on any atom is 0.321 e. The Morgan fingerprint density at radius 3 is 2.60 bits per heavy atom. The van der Waals surface area contributed by atoms with Crippen LogP contribution in [0.1, 0.15) is 46.6 Å². The highest BCUT2D eigenvalue weighted by Gasteiger charge is 2.39. The second-order valence-electron chi connectivity index (χ2n) is 10.8. The number of halogens is 1. The van der Waals surface area contributed by atoms with Gasteiger partial charge in [0.1, 0.15) is 5.60 Å². The van der Waals surface area contributed by atoms with E-state index in [1.54, 1.807) is 54.8 Å². The van der Waals surface area contributed by atoms with Gasteiger partial charge < -0.3 is 19.9 Å². The molecule has 1 aliphatic carbocycles. The van der Waals surface area contributed by atoms with Crippen molar-refractivity contribution in [3.05, 3.63) is 112 Å². The molecule has 2 aliphatic rings. The average Bonchev–Trinajstić information content (AvgIpc) is 3.38. The number of nitriles is 1. The Kier molecular flexibility index (Phi) is 7.29. The lowest BCUT2D eigenvalue weighted by Gasteiger charge is -2.40. The first-order valence-electron chi connectivity index (χ1n) is 13.7. The largest absolute Gasteiger partial charge is 0.379 e. The van der Waals surface area contributed by atoms with Gasteiger partial charge in [0.15, 0.2) is 0 Å². The van der Waals surface area contributed by atoms with Gasteiger partial charge in [0.2, 0.25) is 0 Å². The first kappa shape index (κ1) is 27.7. The van der Waals surface area contributed by atoms with Gasteiger partial charge in [-0.25, -0.2) is 9.78 Å². The van der Waals surface area contributed by atoms with E-state index in [0.29, 0.717) is 53.7 Å². The number of fused-ring (bicyclic) bond motifs is 2. The Balaban J connectivity index is 1.32. The summed E-state index contributed by atoms with van der Waals surface area (Å²) in [7, 11) is 1.86. The number of pyridine rings is 1. The highest BCUT2D eigenvalue weighted by atomic mass is 35.5. The molecule has 0 radical (unpaired) electrons. The molecule has 2 atom stereocenters. The molecule has 9 nitrogen and oxygen atoms in total. The van der Waals surface area contributed by atoms with Crippen LogP contribution in [0.3, 0.4) is 0 Å². The van der Waals surface area contributed by atoms with Crippen LogP contribution in [0.4, 0.5) is 10.5 Å². The average molecular weight is 580 g/mol. The van der Waals surface area contributed by atoms with Gasteiger partial charge in [-0.2, -0.15) is 5.26 Å². The summed E-state index contributed by atoms with van der Waals surface area (Å²) in [5.41, 5.74) is 4.81. The number of aliphatic hydroxyl groups is 1. The minimum atomic E-state index is -1.37. The molecule has 1 fully saturated rings. The summed E-state index contributed by atoms with van der Waals surface area (Å²) in [6.07, 6.45) is 7.15. The van der Waals surface area contributed by atoms with Crippen LogP contribution in [0, 0.1) is 11.3 Å². The molecule has 0 saturated carbocycles. The lowest BCUT2D eigenvalue weighted by Crippen LogP contribution is -2.51. The molecule has 0 unspecified atom stereocenters. The van der Waals surface area contributed by atoms with E-state index in [9.17, 15) is 9.90 Å². The zero-order valence-electron chi connectivity index (χ0n) is 23.3. The topological polar surface area (TPSA) is 110 Å². The summed E-state index contributed by atoms with van der Waals surface area (Å²) in [5, 5.41) is 24.6. The van der Waals surface area contributed by atoms with E-state index in [1.165, 1.54) is 0 Å². The van der Waals surface area contributed by atoms with Crippen molar-refractivity contribution in [2.75, 3.05) is 31.5 Å². The third-order valence-corrected chi connectivity index (χ3v) is 8.34. The predicted octanol–water partition coefficient (Wildman–Crippen LogP) is 5.04. The van der Waals surface area contributed by atoms with Crippen molar-refractivity contribution in [1.82, 2.24) is 24.3 Å². The van der Waals surface area contributed by atoms with Gasteiger partial charge in [-0.05, 0) is 77.7 Å². The fourth-order valence-electron chi connectivity index (χ4n) is 5.91. The quantitative estimate of drug-likeness (QED) is 0.350. The van der Waals surface area contributed by atoms with E-state index in [1.807, 2.05) is 48.0 Å². The molecule has 42 heavy (non-hydrogen) atoms. The fraction of sp³-hybridized carbons (Fsp3) is 0.250. The number of carbonyl (C=O) groups excluding carboxylic acids is 1. The smallest absolute Gasteiger partial charge is 0.321 e. The molecule has 1 saturated heterocycles. The molecule has 212 valence electrons. The van der Waals surface area contributed by atoms with Crippen molar-refractivity contribution in [2.24, 2.45) is 7.05 Å². The summed E-state index contributed by atoms with van der Waals surface area (Å²) in [6, 6.07) is 18.2. The van der Waals surface area contributed by atoms with E-state index in [0.717, 1.165) is 22.4 Å². The van der Waals surface area contributed by atoms with Crippen LogP contribution < -0.4 is 5.32 Å². The van der Waals surface area contributed by atoms with Crippen LogP contribution in [0.25, 0.3) is 11.6 Å². The van der Waals surface area contributed by atoms with Gasteiger partial charge >= 0.3 is 6.03 Å². The number of carbonyl (C=O) groups is 1. The standard InChI is InChI=1S/C32H30ClN7O2/c1-32(42,28-19-35-20-38(28)2)27-16-22-4-3-11-36-29(22)30(25-10-7-23(33)17-26(25)27)39-12-14-40(15-13-39)31(41)37-24-8-5-21(18-34)6-9-24/h3-11,16-17,19-20,30,42H,12-15H2,1-2H3,(H,37,41)/t30-,32+/m0/s1. The summed E-state index contributed by atoms with van der Waals surface area (Å²) in [5.74, 6) is 0. The molecule has 2 N–H and O–H groups in total. The molecule has 0 spiro atoms. The monoisotopic (exact) mass is 579 g/mol. The van der Waals surface area contributed by atoms with Crippen LogP contribution in [0.2, 0.25) is 5.02 Å². The van der Waals surface area contributed by atoms with E-state index in [-0.39, 0.29) is 12.1 Å². The predicted molar refractivity (Wildman–Crippen MR) is 162 cm³/mol. The van der Waals surface area contributed by atoms with E-state index < -0.39 is 5.60 Å². The van der Waals surface area contributed by atoms with Crippen molar-refractivity contribution in [1.29, 1.82) is 5.26 Å². The second kappa shape index (κ2) is 11.1. The number of nitrogens with one attached hydrogen (secondary N) is 1. The van der Waals surface area contributed by atoms with Crippen LogP contribution in [0.5, 0.6) is 0 Å². The molecule has 2 aromatic heterocycles. The number of piperazine rings is 1. The number of imidazole rings is 1. The Morgan fingerprint density at radius 1 is 1.14 bits per heavy atom. The van der Waals surface area contributed by atoms with Crippen molar-refractivity contribution in [3.63, 3.8) is 0 Å². The van der Waals surface area contributed by atoms with Gasteiger partial charge in [0.25, 0.3) is 0 Å². The number of urea groups is 1. The van der Waals surface area contributed by atoms with Crippen molar-refractivity contribution >= 4 is 35.0 Å². The Bertz CT molecular complexity index is 1710. The molecule has 1 aliphatic heterocycles. The molecular formula is C32H30ClN7O2. The first-order valence-corrected chi connectivity index (χ1v) is 14.1. The molecule has 3 heterocycles. The number of aryl methyl sites for hydroxylation is 1. The number of hydrogen-bond donors (Lipinski definition) is 2. The maximum atomic E-state index is 13.0. The summed E-state index contributed by atoms with van der Waals surface area (Å²) < 4.78 is 1.82. The van der Waals surface area contributed by atoms with Gasteiger partial charge in [-0.1, -0.05) is 23.7 Å². The molecule has 10 heteroatoms. The zero-order valence-corrected chi connectivity index (χ0v) is 24.1. The van der Waals surface area contributed by atoms with Crippen LogP contribution in [-0.4, -0.2) is 61.7 Å². The Morgan fingerprint density at radius 2 is 1.90 bits per heavy atom. The minimum absolute atomic E-state index is 0.179. The number of anilines is 1. The van der Waals surface area contributed by atoms with E-state index in [4.69, 9.17) is 21.8 Å². The van der Waals surface area contributed by atoms with Crippen molar-refractivity contribution in [3.8, 4) is 6.07 Å². The summed E-state index contributed by atoms with van der Waals surface area (Å²) in [4.78, 5) is 26.3. The first-order chi connectivity index (χ1) is 20.3. The second-order valence-corrected chi connectivity index (χ2v) is 11.2. The number of hydrogen-bond acceptors (Lipinski definition) is 6. The number of benzene rings is 2. The Hall–Kier alpha value is -4.49. The lowest BCUT2D eigenvalue weighted by molar-refractivity contribution is 0.114. The summed E-state index contributed by atoms with van der Waals surface area (Å²) >= 11 is 6.56. The molecule has 2 amide bonds. The molecule has 2 aromatic carbocycles. The van der Waals surface area contributed by atoms with Crippen LogP contribution in [0.15, 0.2) is 73.3 Å². The third kappa shape index (κ3) is 5.05. The van der Waals surface area contributed by atoms with Gasteiger partial charge in [0, 0.05) is 50.1 Å². The Labute approximate surface area is 249 Å². The summed E-state index contributed by atoms with van der Waals surface area (Å²) in [6.45, 7) is 4.07. The highest BCUT2D eigenvalue weighted by Crippen LogP contribution is 2.46. The van der Waals surface area contributed by atoms with Crippen molar-refractivity contribution < 1.29 is 9.90 Å². The third-order valence-electron chi connectivity index (χ3n) is 8.10. The van der Waals surface area contributed by atoms with E-state index in [2.05, 4.69) is 21.3 Å². The number of rotatable bonds is 4. The van der Waals surface area contributed by atoms with Crippen LogP contribution >= 0.6 is 11.6 Å². The van der Waals surface area contributed by atoms with Gasteiger partial charge in [-0.3, -0.25) is 9.88 Å². The highest BCUT2D eigenvalue weighted by molar-refractivity contribution is 6.30. The SMILES string of the molecule is Cn1cncc1[C@](C)(O)C1=Cc2cccnc2[C@@H](N2CCN(C(=O)Nc3ccc(C#N)cc3)CC2)c2ccc(Cl)cc21. The molecule has 4 aromatic rings. The lowest BCUT2D eigenvalue weighted by atomic mass is 9.84. The molecule has 6 rings (SSSR count). The zero-order chi connectivity index (χ0) is 29.4.